The van der Waals surface area contributed by atoms with E-state index in [-0.39, 0.29) is 16.9 Å². The van der Waals surface area contributed by atoms with Crippen molar-refractivity contribution in [2.45, 2.75) is 12.8 Å². The molecule has 8 heteroatoms. The van der Waals surface area contributed by atoms with Crippen LogP contribution in [-0.2, 0) is 0 Å². The van der Waals surface area contributed by atoms with Gasteiger partial charge >= 0.3 is 0 Å². The third-order valence-corrected chi connectivity index (χ3v) is 4.06. The molecule has 1 saturated heterocycles. The number of nitro benzene ring substituents is 1. The topological polar surface area (TPSA) is 75.5 Å². The largest absolute Gasteiger partial charge is 0.371 e. The van der Waals surface area contributed by atoms with E-state index in [1.807, 2.05) is 4.90 Å². The lowest BCUT2D eigenvalue weighted by atomic mass is 10.1. The van der Waals surface area contributed by atoms with Crippen LogP contribution >= 0.6 is 0 Å². The molecule has 0 bridgehead atoms. The van der Waals surface area contributed by atoms with E-state index in [1.165, 1.54) is 18.2 Å². The number of halogens is 2. The normalized spacial score (nSPS) is 13.8. The highest BCUT2D eigenvalue weighted by atomic mass is 19.2. The van der Waals surface area contributed by atoms with Crippen molar-refractivity contribution >= 4 is 23.0 Å². The highest BCUT2D eigenvalue weighted by Crippen LogP contribution is 2.29. The van der Waals surface area contributed by atoms with Gasteiger partial charge in [0.1, 0.15) is 0 Å². The number of non-ortho nitro benzene ring substituents is 1. The minimum absolute atomic E-state index is 0.0720. The predicted octanol–water partition coefficient (Wildman–Crippen LogP) is 3.73. The summed E-state index contributed by atoms with van der Waals surface area (Å²) in [6, 6.07) is 7.08. The molecule has 1 amide bonds. The van der Waals surface area contributed by atoms with Crippen LogP contribution in [0.5, 0.6) is 0 Å². The number of amides is 1. The SMILES string of the molecule is O=C(Nc1ccc(F)c(F)c1)c1cc([N+](=O)[O-])ccc1N1CCCC1. The summed E-state index contributed by atoms with van der Waals surface area (Å²) in [5, 5.41) is 13.5. The third-order valence-electron chi connectivity index (χ3n) is 4.06. The van der Waals surface area contributed by atoms with Gasteiger partial charge in [-0.3, -0.25) is 14.9 Å². The van der Waals surface area contributed by atoms with E-state index in [9.17, 15) is 23.7 Å². The Morgan fingerprint density at radius 1 is 1.08 bits per heavy atom. The predicted molar refractivity (Wildman–Crippen MR) is 88.9 cm³/mol. The minimum Gasteiger partial charge on any atom is -0.371 e. The summed E-state index contributed by atoms with van der Waals surface area (Å²) in [5.41, 5.74) is 0.574. The van der Waals surface area contributed by atoms with Gasteiger partial charge < -0.3 is 10.2 Å². The zero-order valence-corrected chi connectivity index (χ0v) is 13.2. The van der Waals surface area contributed by atoms with E-state index in [4.69, 9.17) is 0 Å². The summed E-state index contributed by atoms with van der Waals surface area (Å²) in [4.78, 5) is 25.0. The van der Waals surface area contributed by atoms with Crippen LogP contribution in [0, 0.1) is 21.7 Å². The van der Waals surface area contributed by atoms with E-state index in [0.717, 1.165) is 38.1 Å². The number of hydrogen-bond acceptors (Lipinski definition) is 4. The van der Waals surface area contributed by atoms with Gasteiger partial charge in [-0.2, -0.15) is 0 Å². The molecule has 25 heavy (non-hydrogen) atoms. The van der Waals surface area contributed by atoms with Crippen molar-refractivity contribution in [2.24, 2.45) is 0 Å². The number of anilines is 2. The molecular formula is C17H15F2N3O3. The molecule has 6 nitrogen and oxygen atoms in total. The van der Waals surface area contributed by atoms with Crippen LogP contribution in [0.25, 0.3) is 0 Å². The molecule has 1 fully saturated rings. The van der Waals surface area contributed by atoms with Crippen LogP contribution in [0.1, 0.15) is 23.2 Å². The van der Waals surface area contributed by atoms with Gasteiger partial charge in [0.2, 0.25) is 0 Å². The van der Waals surface area contributed by atoms with E-state index in [2.05, 4.69) is 5.32 Å². The van der Waals surface area contributed by atoms with Crippen molar-refractivity contribution < 1.29 is 18.5 Å². The number of nitrogens with one attached hydrogen (secondary N) is 1. The first-order valence-electron chi connectivity index (χ1n) is 7.75. The van der Waals surface area contributed by atoms with Gasteiger partial charge in [0, 0.05) is 37.0 Å². The molecule has 0 aromatic heterocycles. The van der Waals surface area contributed by atoms with E-state index in [0.29, 0.717) is 5.69 Å². The summed E-state index contributed by atoms with van der Waals surface area (Å²) in [6.07, 6.45) is 1.95. The molecule has 1 N–H and O–H groups in total. The Labute approximate surface area is 142 Å². The Kier molecular flexibility index (Phi) is 4.60. The number of rotatable bonds is 4. The minimum atomic E-state index is -1.09. The smallest absolute Gasteiger partial charge is 0.270 e. The van der Waals surface area contributed by atoms with Gasteiger partial charge in [-0.1, -0.05) is 0 Å². The fraction of sp³-hybridized carbons (Fsp3) is 0.235. The maximum absolute atomic E-state index is 13.3. The van der Waals surface area contributed by atoms with Gasteiger partial charge in [0.25, 0.3) is 11.6 Å². The molecule has 3 rings (SSSR count). The van der Waals surface area contributed by atoms with Crippen LogP contribution in [0.2, 0.25) is 0 Å². The van der Waals surface area contributed by atoms with E-state index in [1.54, 1.807) is 6.07 Å². The summed E-state index contributed by atoms with van der Waals surface area (Å²) in [5.74, 6) is -2.72. The molecule has 1 heterocycles. The van der Waals surface area contributed by atoms with Crippen LogP contribution in [0.15, 0.2) is 36.4 Å². The van der Waals surface area contributed by atoms with Crippen molar-refractivity contribution in [3.8, 4) is 0 Å². The Hall–Kier alpha value is -3.03. The molecule has 1 aliphatic heterocycles. The molecule has 130 valence electrons. The standard InChI is InChI=1S/C17H15F2N3O3/c18-14-5-3-11(9-15(14)19)20-17(23)13-10-12(22(24)25)4-6-16(13)21-7-1-2-8-21/h3-6,9-10H,1-2,7-8H2,(H,20,23). The van der Waals surface area contributed by atoms with E-state index < -0.39 is 22.5 Å². The van der Waals surface area contributed by atoms with E-state index >= 15 is 0 Å². The number of nitro groups is 1. The lowest BCUT2D eigenvalue weighted by molar-refractivity contribution is -0.384. The first-order chi connectivity index (χ1) is 12.0. The Bertz CT molecular complexity index is 836. The van der Waals surface area contributed by atoms with Crippen molar-refractivity contribution in [3.05, 3.63) is 63.7 Å². The number of hydrogen-bond donors (Lipinski definition) is 1. The van der Waals surface area contributed by atoms with Crippen molar-refractivity contribution in [2.75, 3.05) is 23.3 Å². The van der Waals surface area contributed by atoms with Crippen LogP contribution in [0.4, 0.5) is 25.8 Å². The molecule has 1 aliphatic rings. The first kappa shape index (κ1) is 16.8. The highest BCUT2D eigenvalue weighted by Gasteiger charge is 2.22. The van der Waals surface area contributed by atoms with Gasteiger partial charge in [0.05, 0.1) is 16.2 Å². The molecule has 0 atom stereocenters. The van der Waals surface area contributed by atoms with Crippen LogP contribution in [0.3, 0.4) is 0 Å². The first-order valence-corrected chi connectivity index (χ1v) is 7.75. The van der Waals surface area contributed by atoms with Crippen molar-refractivity contribution in [1.29, 1.82) is 0 Å². The molecule has 0 radical (unpaired) electrons. The molecule has 0 saturated carbocycles. The maximum Gasteiger partial charge on any atom is 0.270 e. The van der Waals surface area contributed by atoms with Crippen molar-refractivity contribution in [1.82, 2.24) is 0 Å². The molecule has 2 aromatic carbocycles. The Morgan fingerprint density at radius 2 is 1.80 bits per heavy atom. The highest BCUT2D eigenvalue weighted by molar-refractivity contribution is 6.08. The van der Waals surface area contributed by atoms with Gasteiger partial charge in [0.15, 0.2) is 11.6 Å². The van der Waals surface area contributed by atoms with Gasteiger partial charge in [-0.15, -0.1) is 0 Å². The second-order valence-electron chi connectivity index (χ2n) is 5.74. The zero-order chi connectivity index (χ0) is 18.0. The molecule has 0 spiro atoms. The maximum atomic E-state index is 13.3. The third kappa shape index (κ3) is 3.57. The lowest BCUT2D eigenvalue weighted by Gasteiger charge is -2.20. The zero-order valence-electron chi connectivity index (χ0n) is 13.2. The molecule has 0 aliphatic carbocycles. The average molecular weight is 347 g/mol. The second-order valence-corrected chi connectivity index (χ2v) is 5.74. The van der Waals surface area contributed by atoms with Crippen LogP contribution < -0.4 is 10.2 Å². The number of benzene rings is 2. The Morgan fingerprint density at radius 3 is 2.44 bits per heavy atom. The van der Waals surface area contributed by atoms with Gasteiger partial charge in [-0.25, -0.2) is 8.78 Å². The molecule has 2 aromatic rings. The summed E-state index contributed by atoms with van der Waals surface area (Å²) in [7, 11) is 0. The quantitative estimate of drug-likeness (QED) is 0.675. The van der Waals surface area contributed by atoms with Crippen molar-refractivity contribution in [3.63, 3.8) is 0 Å². The van der Waals surface area contributed by atoms with Crippen LogP contribution in [-0.4, -0.2) is 23.9 Å². The number of carbonyl (C=O) groups excluding carboxylic acids is 1. The summed E-state index contributed by atoms with van der Waals surface area (Å²) >= 11 is 0. The fourth-order valence-corrected chi connectivity index (χ4v) is 2.83. The second kappa shape index (κ2) is 6.84. The number of nitrogens with zero attached hydrogens (tertiary/aromatic N) is 2. The summed E-state index contributed by atoms with van der Waals surface area (Å²) in [6.45, 7) is 1.51. The Balaban J connectivity index is 1.94. The fourth-order valence-electron chi connectivity index (χ4n) is 2.83. The molecule has 0 unspecified atom stereocenters. The molecular weight excluding hydrogens is 332 g/mol. The lowest BCUT2D eigenvalue weighted by Crippen LogP contribution is -2.23. The average Bonchev–Trinajstić information content (AvgIpc) is 3.12. The monoisotopic (exact) mass is 347 g/mol. The number of carbonyl (C=O) groups is 1. The summed E-state index contributed by atoms with van der Waals surface area (Å²) < 4.78 is 26.3. The van der Waals surface area contributed by atoms with Gasteiger partial charge in [-0.05, 0) is 31.0 Å².